The second kappa shape index (κ2) is 6.15. The molecule has 1 fully saturated rings. The molecular formula is C14H14F2N4O2S. The van der Waals surface area contributed by atoms with Crippen molar-refractivity contribution in [3.63, 3.8) is 0 Å². The van der Waals surface area contributed by atoms with Crippen LogP contribution in [-0.4, -0.2) is 44.7 Å². The largest absolute Gasteiger partial charge is 0.336 e. The standard InChI is InChI=1S/C14H14F2N4O2S/c1-8(11(21)19-7-6-17-13(19)22)23-14-18-9-4-2-3-5-10(9)20(14)12(15)16/h2-5,8,12H,6-7H2,1H3,(H,17,22)/t8-/m1/s1. The molecule has 3 rings (SSSR count). The molecule has 2 aromatic rings. The zero-order valence-corrected chi connectivity index (χ0v) is 13.0. The molecule has 1 saturated heterocycles. The fourth-order valence-electron chi connectivity index (χ4n) is 2.40. The molecule has 9 heteroatoms. The van der Waals surface area contributed by atoms with Gasteiger partial charge in [-0.25, -0.2) is 9.78 Å². The Morgan fingerprint density at radius 2 is 2.13 bits per heavy atom. The zero-order chi connectivity index (χ0) is 16.6. The van der Waals surface area contributed by atoms with Gasteiger partial charge in [-0.1, -0.05) is 23.9 Å². The molecule has 23 heavy (non-hydrogen) atoms. The lowest BCUT2D eigenvalue weighted by atomic mass is 10.3. The Balaban J connectivity index is 1.87. The van der Waals surface area contributed by atoms with Gasteiger partial charge in [0.25, 0.3) is 0 Å². The molecule has 0 aliphatic carbocycles. The van der Waals surface area contributed by atoms with Gasteiger partial charge in [0, 0.05) is 13.1 Å². The summed E-state index contributed by atoms with van der Waals surface area (Å²) in [5.74, 6) is -0.419. The Morgan fingerprint density at radius 1 is 1.39 bits per heavy atom. The van der Waals surface area contributed by atoms with Crippen molar-refractivity contribution in [1.29, 1.82) is 0 Å². The molecule has 6 nitrogen and oxygen atoms in total. The first-order valence-electron chi connectivity index (χ1n) is 7.00. The maximum absolute atomic E-state index is 13.4. The van der Waals surface area contributed by atoms with Gasteiger partial charge in [-0.05, 0) is 19.1 Å². The zero-order valence-electron chi connectivity index (χ0n) is 12.2. The Morgan fingerprint density at radius 3 is 2.78 bits per heavy atom. The highest BCUT2D eigenvalue weighted by Crippen LogP contribution is 2.32. The van der Waals surface area contributed by atoms with E-state index >= 15 is 0 Å². The first kappa shape index (κ1) is 15.7. The van der Waals surface area contributed by atoms with Crippen molar-refractivity contribution in [2.24, 2.45) is 0 Å². The van der Waals surface area contributed by atoms with Gasteiger partial charge in [-0.3, -0.25) is 14.3 Å². The lowest BCUT2D eigenvalue weighted by Gasteiger charge is -2.17. The smallest absolute Gasteiger partial charge is 0.324 e. The van der Waals surface area contributed by atoms with Crippen LogP contribution in [0.4, 0.5) is 13.6 Å². The van der Waals surface area contributed by atoms with Gasteiger partial charge >= 0.3 is 12.6 Å². The molecule has 0 radical (unpaired) electrons. The van der Waals surface area contributed by atoms with Crippen LogP contribution in [0.3, 0.4) is 0 Å². The van der Waals surface area contributed by atoms with Gasteiger partial charge in [0.15, 0.2) is 5.16 Å². The maximum Gasteiger partial charge on any atom is 0.324 e. The van der Waals surface area contributed by atoms with Crippen molar-refractivity contribution in [3.8, 4) is 0 Å². The predicted octanol–water partition coefficient (Wildman–Crippen LogP) is 2.46. The molecule has 1 aliphatic rings. The Labute approximate surface area is 134 Å². The van der Waals surface area contributed by atoms with Crippen molar-refractivity contribution in [1.82, 2.24) is 19.8 Å². The van der Waals surface area contributed by atoms with Gasteiger partial charge in [-0.15, -0.1) is 0 Å². The van der Waals surface area contributed by atoms with E-state index < -0.39 is 23.7 Å². The van der Waals surface area contributed by atoms with Crippen LogP contribution >= 0.6 is 11.8 Å². The second-order valence-corrected chi connectivity index (χ2v) is 6.32. The summed E-state index contributed by atoms with van der Waals surface area (Å²) in [4.78, 5) is 29.1. The number of para-hydroxylation sites is 2. The van der Waals surface area contributed by atoms with Gasteiger partial charge in [0.05, 0.1) is 16.3 Å². The summed E-state index contributed by atoms with van der Waals surface area (Å²) < 4.78 is 27.5. The summed E-state index contributed by atoms with van der Waals surface area (Å²) in [6, 6.07) is 6.10. The number of carbonyl (C=O) groups excluding carboxylic acids is 2. The van der Waals surface area contributed by atoms with E-state index in [1.165, 1.54) is 0 Å². The van der Waals surface area contributed by atoms with E-state index in [1.807, 2.05) is 0 Å². The maximum atomic E-state index is 13.4. The number of rotatable bonds is 4. The molecule has 1 aromatic carbocycles. The van der Waals surface area contributed by atoms with Gasteiger partial charge in [0.1, 0.15) is 0 Å². The second-order valence-electron chi connectivity index (χ2n) is 5.01. The number of hydrogen-bond donors (Lipinski definition) is 1. The summed E-state index contributed by atoms with van der Waals surface area (Å²) in [6.45, 7) is -0.499. The molecule has 0 unspecified atom stereocenters. The van der Waals surface area contributed by atoms with E-state index in [-0.39, 0.29) is 11.7 Å². The lowest BCUT2D eigenvalue weighted by molar-refractivity contribution is -0.126. The minimum atomic E-state index is -2.76. The summed E-state index contributed by atoms with van der Waals surface area (Å²) in [5.41, 5.74) is 0.748. The number of carbonyl (C=O) groups is 2. The number of nitrogens with zero attached hydrogens (tertiary/aromatic N) is 3. The molecule has 3 amide bonds. The highest BCUT2D eigenvalue weighted by atomic mass is 32.2. The summed E-state index contributed by atoms with van der Waals surface area (Å²) >= 11 is 0.922. The van der Waals surface area contributed by atoms with Crippen LogP contribution in [0.15, 0.2) is 29.4 Å². The number of alkyl halides is 2. The molecule has 0 spiro atoms. The van der Waals surface area contributed by atoms with E-state index in [0.717, 1.165) is 21.2 Å². The van der Waals surface area contributed by atoms with E-state index in [9.17, 15) is 18.4 Å². The normalized spacial score (nSPS) is 16.2. The number of benzene rings is 1. The van der Waals surface area contributed by atoms with E-state index in [1.54, 1.807) is 31.2 Å². The van der Waals surface area contributed by atoms with Crippen LogP contribution < -0.4 is 5.32 Å². The topological polar surface area (TPSA) is 67.2 Å². The average molecular weight is 340 g/mol. The quantitative estimate of drug-likeness (QED) is 0.868. The molecule has 0 saturated carbocycles. The number of urea groups is 1. The Kier molecular flexibility index (Phi) is 4.20. The minimum absolute atomic E-state index is 0.0571. The molecule has 122 valence electrons. The summed E-state index contributed by atoms with van der Waals surface area (Å²) in [6.07, 6.45) is 0. The molecule has 1 atom stereocenters. The minimum Gasteiger partial charge on any atom is -0.336 e. The lowest BCUT2D eigenvalue weighted by Crippen LogP contribution is -2.39. The molecule has 1 aliphatic heterocycles. The van der Waals surface area contributed by atoms with E-state index in [2.05, 4.69) is 10.3 Å². The fourth-order valence-corrected chi connectivity index (χ4v) is 3.39. The van der Waals surface area contributed by atoms with Crippen LogP contribution in [0.2, 0.25) is 0 Å². The third-order valence-electron chi connectivity index (χ3n) is 3.51. The van der Waals surface area contributed by atoms with Crippen molar-refractivity contribution < 1.29 is 18.4 Å². The van der Waals surface area contributed by atoms with E-state index in [4.69, 9.17) is 0 Å². The van der Waals surface area contributed by atoms with Gasteiger partial charge < -0.3 is 5.32 Å². The van der Waals surface area contributed by atoms with Crippen molar-refractivity contribution in [3.05, 3.63) is 24.3 Å². The number of fused-ring (bicyclic) bond motifs is 1. The molecule has 2 heterocycles. The Bertz CT molecular complexity index is 764. The predicted molar refractivity (Wildman–Crippen MR) is 81.4 cm³/mol. The molecular weight excluding hydrogens is 326 g/mol. The number of thioether (sulfide) groups is 1. The number of nitrogens with one attached hydrogen (secondary N) is 1. The number of halogens is 2. The van der Waals surface area contributed by atoms with Crippen LogP contribution in [-0.2, 0) is 4.79 Å². The number of imidazole rings is 1. The van der Waals surface area contributed by atoms with Gasteiger partial charge in [0.2, 0.25) is 5.91 Å². The highest BCUT2D eigenvalue weighted by Gasteiger charge is 2.31. The number of amides is 3. The number of imide groups is 1. The first-order chi connectivity index (χ1) is 11.0. The monoisotopic (exact) mass is 340 g/mol. The van der Waals surface area contributed by atoms with E-state index in [0.29, 0.717) is 17.6 Å². The fraction of sp³-hybridized carbons (Fsp3) is 0.357. The first-order valence-corrected chi connectivity index (χ1v) is 7.88. The van der Waals surface area contributed by atoms with Crippen molar-refractivity contribution >= 4 is 34.7 Å². The highest BCUT2D eigenvalue weighted by molar-refractivity contribution is 8.00. The van der Waals surface area contributed by atoms with Crippen LogP contribution in [0.5, 0.6) is 0 Å². The third kappa shape index (κ3) is 2.88. The van der Waals surface area contributed by atoms with Gasteiger partial charge in [-0.2, -0.15) is 8.78 Å². The third-order valence-corrected chi connectivity index (χ3v) is 4.57. The average Bonchev–Trinajstić information content (AvgIpc) is 3.09. The molecule has 1 N–H and O–H groups in total. The van der Waals surface area contributed by atoms with Crippen molar-refractivity contribution in [2.45, 2.75) is 23.9 Å². The number of aromatic nitrogens is 2. The van der Waals surface area contributed by atoms with Crippen LogP contribution in [0, 0.1) is 0 Å². The molecule has 0 bridgehead atoms. The summed E-state index contributed by atoms with van der Waals surface area (Å²) in [7, 11) is 0. The summed E-state index contributed by atoms with van der Waals surface area (Å²) in [5, 5.41) is 1.89. The SMILES string of the molecule is C[C@@H](Sc1nc2ccccc2n1C(F)F)C(=O)N1CCNC1=O. The Hall–Kier alpha value is -2.16. The number of hydrogen-bond acceptors (Lipinski definition) is 4. The molecule has 1 aromatic heterocycles. The van der Waals surface area contributed by atoms with Crippen molar-refractivity contribution in [2.75, 3.05) is 13.1 Å². The van der Waals surface area contributed by atoms with Crippen LogP contribution in [0.1, 0.15) is 13.5 Å². The van der Waals surface area contributed by atoms with Crippen LogP contribution in [0.25, 0.3) is 11.0 Å².